The lowest BCUT2D eigenvalue weighted by atomic mass is 9.96. The van der Waals surface area contributed by atoms with Crippen LogP contribution in [0.4, 0.5) is 4.39 Å². The Morgan fingerprint density at radius 3 is 2.77 bits per heavy atom. The zero-order valence-corrected chi connectivity index (χ0v) is 15.8. The van der Waals surface area contributed by atoms with Crippen molar-refractivity contribution in [3.05, 3.63) is 35.6 Å². The van der Waals surface area contributed by atoms with Gasteiger partial charge in [-0.2, -0.15) is 0 Å². The van der Waals surface area contributed by atoms with Crippen molar-refractivity contribution in [1.82, 2.24) is 15.5 Å². The van der Waals surface area contributed by atoms with Gasteiger partial charge in [-0.1, -0.05) is 12.1 Å². The van der Waals surface area contributed by atoms with Gasteiger partial charge in [-0.3, -0.25) is 9.89 Å². The van der Waals surface area contributed by atoms with E-state index < -0.39 is 0 Å². The SMILES string of the molecule is CCNC(=NCC1(c2cccc(F)c2)CC1)NCCCN1CCOCC1. The van der Waals surface area contributed by atoms with Crippen LogP contribution in [0.15, 0.2) is 29.3 Å². The monoisotopic (exact) mass is 362 g/mol. The van der Waals surface area contributed by atoms with Gasteiger partial charge in [-0.25, -0.2) is 4.39 Å². The number of hydrogen-bond donors (Lipinski definition) is 2. The first-order valence-electron chi connectivity index (χ1n) is 9.80. The van der Waals surface area contributed by atoms with Crippen LogP contribution >= 0.6 is 0 Å². The molecule has 2 aliphatic rings. The van der Waals surface area contributed by atoms with E-state index in [2.05, 4.69) is 22.5 Å². The largest absolute Gasteiger partial charge is 0.379 e. The van der Waals surface area contributed by atoms with Gasteiger partial charge in [-0.15, -0.1) is 0 Å². The molecule has 3 rings (SSSR count). The van der Waals surface area contributed by atoms with Crippen LogP contribution in [0.5, 0.6) is 0 Å². The highest BCUT2D eigenvalue weighted by Crippen LogP contribution is 2.48. The van der Waals surface area contributed by atoms with Gasteiger partial charge in [0.1, 0.15) is 5.82 Å². The molecule has 1 aliphatic heterocycles. The Hall–Kier alpha value is -1.66. The lowest BCUT2D eigenvalue weighted by Crippen LogP contribution is -2.41. The Kier molecular flexibility index (Phi) is 6.86. The number of halogens is 1. The minimum absolute atomic E-state index is 0.0260. The summed E-state index contributed by atoms with van der Waals surface area (Å²) in [5, 5.41) is 6.75. The van der Waals surface area contributed by atoms with Gasteiger partial charge in [0, 0.05) is 31.6 Å². The Labute approximate surface area is 156 Å². The normalized spacial score (nSPS) is 20.0. The third-order valence-electron chi connectivity index (χ3n) is 5.22. The second kappa shape index (κ2) is 9.33. The Bertz CT molecular complexity index is 597. The van der Waals surface area contributed by atoms with E-state index in [0.29, 0.717) is 6.54 Å². The minimum Gasteiger partial charge on any atom is -0.379 e. The van der Waals surface area contributed by atoms with Crippen LogP contribution in [-0.4, -0.2) is 63.3 Å². The van der Waals surface area contributed by atoms with E-state index >= 15 is 0 Å². The number of ether oxygens (including phenoxy) is 1. The maximum absolute atomic E-state index is 13.5. The van der Waals surface area contributed by atoms with Gasteiger partial charge >= 0.3 is 0 Å². The van der Waals surface area contributed by atoms with Crippen molar-refractivity contribution in [2.24, 2.45) is 4.99 Å². The first-order chi connectivity index (χ1) is 12.7. The topological polar surface area (TPSA) is 48.9 Å². The zero-order chi connectivity index (χ0) is 18.2. The molecule has 1 saturated carbocycles. The van der Waals surface area contributed by atoms with Gasteiger partial charge < -0.3 is 15.4 Å². The summed E-state index contributed by atoms with van der Waals surface area (Å²) in [5.41, 5.74) is 1.10. The number of aliphatic imine (C=N–C) groups is 1. The average molecular weight is 362 g/mol. The number of hydrogen-bond acceptors (Lipinski definition) is 3. The molecule has 0 radical (unpaired) electrons. The first-order valence-corrected chi connectivity index (χ1v) is 9.80. The summed E-state index contributed by atoms with van der Waals surface area (Å²) in [4.78, 5) is 7.22. The fourth-order valence-corrected chi connectivity index (χ4v) is 3.41. The Balaban J connectivity index is 1.47. The number of nitrogens with zero attached hydrogens (tertiary/aromatic N) is 2. The average Bonchev–Trinajstić information content (AvgIpc) is 3.45. The summed E-state index contributed by atoms with van der Waals surface area (Å²) in [6.07, 6.45) is 3.24. The Morgan fingerprint density at radius 2 is 2.08 bits per heavy atom. The van der Waals surface area contributed by atoms with Crippen LogP contribution in [0, 0.1) is 5.82 Å². The van der Waals surface area contributed by atoms with Gasteiger partial charge in [-0.05, 0) is 50.4 Å². The van der Waals surface area contributed by atoms with E-state index in [4.69, 9.17) is 9.73 Å². The van der Waals surface area contributed by atoms with E-state index in [-0.39, 0.29) is 11.2 Å². The highest BCUT2D eigenvalue weighted by atomic mass is 19.1. The molecule has 5 nitrogen and oxygen atoms in total. The third-order valence-corrected chi connectivity index (χ3v) is 5.22. The second-order valence-electron chi connectivity index (χ2n) is 7.22. The minimum atomic E-state index is -0.161. The number of guanidine groups is 1. The second-order valence-corrected chi connectivity index (χ2v) is 7.22. The van der Waals surface area contributed by atoms with Crippen LogP contribution in [0.2, 0.25) is 0 Å². The molecule has 6 heteroatoms. The molecule has 1 aromatic rings. The van der Waals surface area contributed by atoms with E-state index in [1.54, 1.807) is 12.1 Å². The summed E-state index contributed by atoms with van der Waals surface area (Å²) >= 11 is 0. The van der Waals surface area contributed by atoms with Crippen molar-refractivity contribution in [1.29, 1.82) is 0 Å². The quantitative estimate of drug-likeness (QED) is 0.423. The molecule has 2 fully saturated rings. The van der Waals surface area contributed by atoms with E-state index in [9.17, 15) is 4.39 Å². The van der Waals surface area contributed by atoms with Crippen LogP contribution in [0.1, 0.15) is 31.7 Å². The molecule has 0 amide bonds. The fraction of sp³-hybridized carbons (Fsp3) is 0.650. The zero-order valence-electron chi connectivity index (χ0n) is 15.8. The van der Waals surface area contributed by atoms with Crippen molar-refractivity contribution in [2.45, 2.75) is 31.6 Å². The van der Waals surface area contributed by atoms with E-state index in [0.717, 1.165) is 76.7 Å². The first kappa shape index (κ1) is 19.1. The summed E-state index contributed by atoms with van der Waals surface area (Å²) in [5.74, 6) is 0.697. The summed E-state index contributed by atoms with van der Waals surface area (Å²) < 4.78 is 18.9. The summed E-state index contributed by atoms with van der Waals surface area (Å²) in [7, 11) is 0. The third kappa shape index (κ3) is 5.42. The maximum atomic E-state index is 13.5. The molecule has 0 bridgehead atoms. The molecule has 2 N–H and O–H groups in total. The van der Waals surface area contributed by atoms with Crippen LogP contribution in [0.25, 0.3) is 0 Å². The number of nitrogens with one attached hydrogen (secondary N) is 2. The molecule has 0 atom stereocenters. The predicted octanol–water partition coefficient (Wildman–Crippen LogP) is 2.13. The molecule has 144 valence electrons. The van der Waals surface area contributed by atoms with E-state index in [1.165, 1.54) is 6.07 Å². The van der Waals surface area contributed by atoms with Crippen molar-refractivity contribution in [3.63, 3.8) is 0 Å². The standard InChI is InChI=1S/C20H31FN4O/c1-2-22-19(23-9-4-10-25-11-13-26-14-12-25)24-16-20(7-8-20)17-5-3-6-18(21)15-17/h3,5-6,15H,2,4,7-14,16H2,1H3,(H2,22,23,24). The number of rotatable bonds is 8. The molecule has 0 aromatic heterocycles. The van der Waals surface area contributed by atoms with E-state index in [1.807, 2.05) is 6.07 Å². The summed E-state index contributed by atoms with van der Waals surface area (Å²) in [6, 6.07) is 6.98. The molecule has 0 unspecified atom stereocenters. The lowest BCUT2D eigenvalue weighted by Gasteiger charge is -2.26. The van der Waals surface area contributed by atoms with Crippen molar-refractivity contribution < 1.29 is 9.13 Å². The molecular formula is C20H31FN4O. The van der Waals surface area contributed by atoms with Gasteiger partial charge in [0.05, 0.1) is 19.8 Å². The lowest BCUT2D eigenvalue weighted by molar-refractivity contribution is 0.0376. The van der Waals surface area contributed by atoms with Gasteiger partial charge in [0.25, 0.3) is 0 Å². The van der Waals surface area contributed by atoms with Crippen LogP contribution in [0.3, 0.4) is 0 Å². The molecule has 1 aliphatic carbocycles. The molecule has 1 heterocycles. The van der Waals surface area contributed by atoms with Crippen molar-refractivity contribution in [3.8, 4) is 0 Å². The summed E-state index contributed by atoms with van der Waals surface area (Å²) in [6.45, 7) is 9.36. The molecule has 0 spiro atoms. The van der Waals surface area contributed by atoms with Crippen molar-refractivity contribution >= 4 is 5.96 Å². The maximum Gasteiger partial charge on any atom is 0.191 e. The molecule has 26 heavy (non-hydrogen) atoms. The molecular weight excluding hydrogens is 331 g/mol. The molecule has 1 saturated heterocycles. The van der Waals surface area contributed by atoms with Crippen molar-refractivity contribution in [2.75, 3.05) is 52.5 Å². The van der Waals surface area contributed by atoms with Crippen LogP contribution in [-0.2, 0) is 10.2 Å². The predicted molar refractivity (Wildman–Crippen MR) is 103 cm³/mol. The molecule has 1 aromatic carbocycles. The number of benzene rings is 1. The number of morpholine rings is 1. The van der Waals surface area contributed by atoms with Crippen LogP contribution < -0.4 is 10.6 Å². The van der Waals surface area contributed by atoms with Gasteiger partial charge in [0.2, 0.25) is 0 Å². The highest BCUT2D eigenvalue weighted by Gasteiger charge is 2.44. The fourth-order valence-electron chi connectivity index (χ4n) is 3.41. The Morgan fingerprint density at radius 1 is 1.27 bits per heavy atom. The highest BCUT2D eigenvalue weighted by molar-refractivity contribution is 5.79. The van der Waals surface area contributed by atoms with Gasteiger partial charge in [0.15, 0.2) is 5.96 Å². The smallest absolute Gasteiger partial charge is 0.191 e.